The third-order valence-electron chi connectivity index (χ3n) is 2.91. The predicted octanol–water partition coefficient (Wildman–Crippen LogP) is 1.49. The average Bonchev–Trinajstić information content (AvgIpc) is 2.85. The highest BCUT2D eigenvalue weighted by atomic mass is 16.1. The van der Waals surface area contributed by atoms with Crippen LogP contribution in [0.25, 0.3) is 5.65 Å². The molecule has 6 heteroatoms. The highest BCUT2D eigenvalue weighted by Crippen LogP contribution is 2.10. The molecule has 1 amide bonds. The molecule has 0 fully saturated rings. The van der Waals surface area contributed by atoms with Gasteiger partial charge >= 0.3 is 0 Å². The summed E-state index contributed by atoms with van der Waals surface area (Å²) in [5, 5.41) is 10.7. The first-order chi connectivity index (χ1) is 9.72. The molecule has 0 aliphatic rings. The molecule has 100 valence electrons. The fourth-order valence-electron chi connectivity index (χ4n) is 1.92. The van der Waals surface area contributed by atoms with Gasteiger partial charge in [0.05, 0.1) is 6.42 Å². The summed E-state index contributed by atoms with van der Waals surface area (Å²) in [5.74, 6) is 0.272. The third-order valence-corrected chi connectivity index (χ3v) is 2.91. The average molecular weight is 267 g/mol. The van der Waals surface area contributed by atoms with Crippen molar-refractivity contribution in [3.63, 3.8) is 0 Å². The van der Waals surface area contributed by atoms with Gasteiger partial charge < -0.3 is 5.73 Å². The molecule has 6 nitrogen and oxygen atoms in total. The monoisotopic (exact) mass is 267 g/mol. The number of aromatic nitrogens is 3. The number of rotatable bonds is 3. The van der Waals surface area contributed by atoms with Gasteiger partial charge in [-0.2, -0.15) is 0 Å². The molecule has 0 unspecified atom stereocenters. The molecule has 20 heavy (non-hydrogen) atoms. The van der Waals surface area contributed by atoms with E-state index in [1.807, 2.05) is 30.3 Å². The van der Waals surface area contributed by atoms with E-state index in [-0.39, 0.29) is 12.3 Å². The van der Waals surface area contributed by atoms with Gasteiger partial charge in [0.1, 0.15) is 0 Å². The summed E-state index contributed by atoms with van der Waals surface area (Å²) in [4.78, 5) is 12.0. The fraction of sp³-hybridized carbons (Fsp3) is 0.0714. The van der Waals surface area contributed by atoms with E-state index in [4.69, 9.17) is 5.73 Å². The van der Waals surface area contributed by atoms with Crippen molar-refractivity contribution in [3.8, 4) is 0 Å². The second-order valence-corrected chi connectivity index (χ2v) is 4.42. The lowest BCUT2D eigenvalue weighted by Crippen LogP contribution is -2.16. The summed E-state index contributed by atoms with van der Waals surface area (Å²) in [6.07, 6.45) is 2.07. The van der Waals surface area contributed by atoms with Gasteiger partial charge in [-0.3, -0.25) is 14.5 Å². The Kier molecular flexibility index (Phi) is 3.04. The van der Waals surface area contributed by atoms with Gasteiger partial charge in [0.15, 0.2) is 5.65 Å². The van der Waals surface area contributed by atoms with E-state index in [9.17, 15) is 4.79 Å². The van der Waals surface area contributed by atoms with Gasteiger partial charge in [0.25, 0.3) is 0 Å². The van der Waals surface area contributed by atoms with Crippen LogP contribution in [0.3, 0.4) is 0 Å². The molecule has 2 aromatic heterocycles. The second kappa shape index (κ2) is 5.00. The molecular formula is C14H13N5O. The molecule has 3 aromatic rings. The molecule has 0 bridgehead atoms. The zero-order valence-corrected chi connectivity index (χ0v) is 10.7. The van der Waals surface area contributed by atoms with Crippen LogP contribution in [0.1, 0.15) is 5.56 Å². The van der Waals surface area contributed by atoms with Gasteiger partial charge in [0, 0.05) is 11.9 Å². The maximum atomic E-state index is 12.0. The first kappa shape index (κ1) is 12.2. The van der Waals surface area contributed by atoms with Crippen LogP contribution in [0.5, 0.6) is 0 Å². The molecule has 0 spiro atoms. The van der Waals surface area contributed by atoms with Crippen LogP contribution in [-0.4, -0.2) is 20.5 Å². The van der Waals surface area contributed by atoms with Gasteiger partial charge in [-0.25, -0.2) is 0 Å². The van der Waals surface area contributed by atoms with Crippen molar-refractivity contribution in [2.24, 2.45) is 0 Å². The van der Waals surface area contributed by atoms with E-state index in [0.29, 0.717) is 17.3 Å². The number of hydrogen-bond donors (Lipinski definition) is 2. The van der Waals surface area contributed by atoms with Crippen molar-refractivity contribution in [1.82, 2.24) is 14.6 Å². The molecular weight excluding hydrogens is 254 g/mol. The maximum absolute atomic E-state index is 12.0. The Morgan fingerprint density at radius 2 is 1.95 bits per heavy atom. The van der Waals surface area contributed by atoms with Gasteiger partial charge in [-0.1, -0.05) is 18.2 Å². The molecule has 0 aliphatic carbocycles. The number of fused-ring (bicyclic) bond motifs is 1. The van der Waals surface area contributed by atoms with E-state index in [0.717, 1.165) is 5.56 Å². The first-order valence-electron chi connectivity index (χ1n) is 6.16. The molecule has 0 aliphatic heterocycles. The summed E-state index contributed by atoms with van der Waals surface area (Å²) in [6.45, 7) is 0. The highest BCUT2D eigenvalue weighted by molar-refractivity contribution is 5.91. The maximum Gasteiger partial charge on any atom is 0.235 e. The molecule has 1 aromatic carbocycles. The van der Waals surface area contributed by atoms with E-state index in [2.05, 4.69) is 15.5 Å². The van der Waals surface area contributed by atoms with Crippen LogP contribution in [0, 0.1) is 0 Å². The Balaban J connectivity index is 1.74. The quantitative estimate of drug-likeness (QED) is 0.704. The van der Waals surface area contributed by atoms with Crippen LogP contribution in [0.2, 0.25) is 0 Å². The van der Waals surface area contributed by atoms with Crippen molar-refractivity contribution in [3.05, 3.63) is 54.2 Å². The van der Waals surface area contributed by atoms with Crippen LogP contribution in [0.4, 0.5) is 11.6 Å². The van der Waals surface area contributed by atoms with Gasteiger partial charge in [-0.15, -0.1) is 10.2 Å². The topological polar surface area (TPSA) is 85.3 Å². The van der Waals surface area contributed by atoms with E-state index < -0.39 is 0 Å². The first-order valence-corrected chi connectivity index (χ1v) is 6.16. The number of carbonyl (C=O) groups is 1. The summed E-state index contributed by atoms with van der Waals surface area (Å²) in [5.41, 5.74) is 7.87. The summed E-state index contributed by atoms with van der Waals surface area (Å²) >= 11 is 0. The van der Waals surface area contributed by atoms with E-state index >= 15 is 0 Å². The minimum Gasteiger partial charge on any atom is -0.399 e. The van der Waals surface area contributed by atoms with Crippen molar-refractivity contribution in [1.29, 1.82) is 0 Å². The van der Waals surface area contributed by atoms with Crippen LogP contribution in [0.15, 0.2) is 48.7 Å². The van der Waals surface area contributed by atoms with Crippen molar-refractivity contribution in [2.45, 2.75) is 6.42 Å². The lowest BCUT2D eigenvalue weighted by molar-refractivity contribution is -0.115. The van der Waals surface area contributed by atoms with Crippen molar-refractivity contribution < 1.29 is 4.79 Å². The smallest absolute Gasteiger partial charge is 0.235 e. The van der Waals surface area contributed by atoms with Gasteiger partial charge in [-0.05, 0) is 29.8 Å². The zero-order valence-electron chi connectivity index (χ0n) is 10.7. The number of nitrogen functional groups attached to an aromatic ring is 1. The number of hydrogen-bond acceptors (Lipinski definition) is 4. The number of amides is 1. The number of benzene rings is 1. The van der Waals surface area contributed by atoms with Crippen molar-refractivity contribution >= 4 is 23.2 Å². The highest BCUT2D eigenvalue weighted by Gasteiger charge is 2.09. The van der Waals surface area contributed by atoms with Crippen LogP contribution in [-0.2, 0) is 11.2 Å². The number of nitrogens with zero attached hydrogens (tertiary/aromatic N) is 3. The van der Waals surface area contributed by atoms with E-state index in [1.54, 1.807) is 22.7 Å². The summed E-state index contributed by atoms with van der Waals surface area (Å²) < 4.78 is 1.72. The molecule has 3 rings (SSSR count). The fourth-order valence-corrected chi connectivity index (χ4v) is 1.92. The number of nitrogens with one attached hydrogen (secondary N) is 1. The molecule has 0 radical (unpaired) electrons. The Morgan fingerprint density at radius 1 is 1.15 bits per heavy atom. The lowest BCUT2D eigenvalue weighted by atomic mass is 10.1. The zero-order chi connectivity index (χ0) is 13.9. The molecule has 0 saturated carbocycles. The molecule has 0 atom stereocenters. The number of anilines is 2. The third kappa shape index (κ3) is 2.44. The predicted molar refractivity (Wildman–Crippen MR) is 76.2 cm³/mol. The van der Waals surface area contributed by atoms with Crippen molar-refractivity contribution in [2.75, 3.05) is 11.1 Å². The number of carbonyl (C=O) groups excluding carboxylic acids is 1. The molecule has 0 saturated heterocycles. The second-order valence-electron chi connectivity index (χ2n) is 4.42. The minimum absolute atomic E-state index is 0.145. The summed E-state index contributed by atoms with van der Waals surface area (Å²) in [7, 11) is 0. The SMILES string of the molecule is Nc1ccc(CC(=O)Nc2nnc3ccccn23)cc1. The number of pyridine rings is 1. The Bertz CT molecular complexity index is 748. The minimum atomic E-state index is -0.145. The Morgan fingerprint density at radius 3 is 2.75 bits per heavy atom. The normalized spacial score (nSPS) is 10.6. The standard InChI is InChI=1S/C14H13N5O/c15-11-6-4-10(5-7-11)9-13(20)16-14-18-17-12-3-1-2-8-19(12)14/h1-8H,9,15H2,(H,16,18,20). The Hall–Kier alpha value is -2.89. The van der Waals surface area contributed by atoms with Crippen LogP contribution < -0.4 is 11.1 Å². The van der Waals surface area contributed by atoms with Gasteiger partial charge in [0.2, 0.25) is 11.9 Å². The van der Waals surface area contributed by atoms with Crippen LogP contribution >= 0.6 is 0 Å². The number of nitrogens with two attached hydrogens (primary N) is 1. The van der Waals surface area contributed by atoms with E-state index in [1.165, 1.54) is 0 Å². The lowest BCUT2D eigenvalue weighted by Gasteiger charge is -2.04. The molecule has 2 heterocycles. The largest absolute Gasteiger partial charge is 0.399 e. The summed E-state index contributed by atoms with van der Waals surface area (Å²) in [6, 6.07) is 12.7. The molecule has 3 N–H and O–H groups in total. The Labute approximate surface area is 115 Å².